The first-order valence-electron chi connectivity index (χ1n) is 6.29. The van der Waals surface area contributed by atoms with E-state index < -0.39 is 6.04 Å². The molecule has 96 valence electrons. The van der Waals surface area contributed by atoms with Crippen LogP contribution < -0.4 is 11.1 Å². The van der Waals surface area contributed by atoms with Gasteiger partial charge in [-0.05, 0) is 18.3 Å². The highest BCUT2D eigenvalue weighted by atomic mass is 16.2. The van der Waals surface area contributed by atoms with Crippen molar-refractivity contribution >= 4 is 5.91 Å². The molecular weight excluding hydrogens is 200 g/mol. The van der Waals surface area contributed by atoms with Gasteiger partial charge in [0.25, 0.3) is 0 Å². The van der Waals surface area contributed by atoms with E-state index in [0.717, 1.165) is 12.8 Å². The van der Waals surface area contributed by atoms with E-state index in [4.69, 9.17) is 5.73 Å². The quantitative estimate of drug-likeness (QED) is 0.758. The first kappa shape index (κ1) is 15.4. The van der Waals surface area contributed by atoms with Crippen LogP contribution in [0.5, 0.6) is 0 Å². The minimum atomic E-state index is -0.440. The van der Waals surface area contributed by atoms with Crippen LogP contribution in [0.1, 0.15) is 54.4 Å². The molecule has 16 heavy (non-hydrogen) atoms. The summed E-state index contributed by atoms with van der Waals surface area (Å²) in [5.41, 5.74) is 5.73. The second-order valence-corrected chi connectivity index (χ2v) is 5.72. The summed E-state index contributed by atoms with van der Waals surface area (Å²) in [4.78, 5) is 11.9. The number of hydrogen-bond acceptors (Lipinski definition) is 2. The van der Waals surface area contributed by atoms with E-state index >= 15 is 0 Å². The lowest BCUT2D eigenvalue weighted by Gasteiger charge is -2.29. The molecule has 3 heteroatoms. The van der Waals surface area contributed by atoms with Crippen molar-refractivity contribution in [1.82, 2.24) is 5.32 Å². The van der Waals surface area contributed by atoms with Crippen LogP contribution in [0.3, 0.4) is 0 Å². The Hall–Kier alpha value is -0.570. The predicted octanol–water partition coefficient (Wildman–Crippen LogP) is 2.30. The Kier molecular flexibility index (Phi) is 6.01. The van der Waals surface area contributed by atoms with Gasteiger partial charge in [0.05, 0.1) is 6.04 Å². The van der Waals surface area contributed by atoms with Crippen molar-refractivity contribution in [2.24, 2.45) is 17.1 Å². The summed E-state index contributed by atoms with van der Waals surface area (Å²) in [6.45, 7) is 12.3. The molecule has 0 saturated carbocycles. The molecule has 1 unspecified atom stereocenters. The molecule has 0 aliphatic carbocycles. The number of rotatable bonds is 5. The molecule has 0 aliphatic rings. The van der Waals surface area contributed by atoms with Gasteiger partial charge in [0.1, 0.15) is 0 Å². The molecule has 0 fully saturated rings. The summed E-state index contributed by atoms with van der Waals surface area (Å²) in [6.07, 6.45) is 2.17. The maximum Gasteiger partial charge on any atom is 0.237 e. The minimum absolute atomic E-state index is 0.0353. The van der Waals surface area contributed by atoms with E-state index in [-0.39, 0.29) is 17.4 Å². The first-order valence-corrected chi connectivity index (χ1v) is 6.29. The molecule has 0 rings (SSSR count). The van der Waals surface area contributed by atoms with Crippen LogP contribution in [0.25, 0.3) is 0 Å². The van der Waals surface area contributed by atoms with Crippen molar-refractivity contribution in [3.05, 3.63) is 0 Å². The third-order valence-corrected chi connectivity index (χ3v) is 3.34. The lowest BCUT2D eigenvalue weighted by molar-refractivity contribution is -0.125. The maximum atomic E-state index is 11.9. The molecule has 0 spiro atoms. The van der Waals surface area contributed by atoms with Crippen molar-refractivity contribution < 1.29 is 4.79 Å². The van der Waals surface area contributed by atoms with Gasteiger partial charge in [-0.2, -0.15) is 0 Å². The van der Waals surface area contributed by atoms with Gasteiger partial charge in [-0.25, -0.2) is 0 Å². The topological polar surface area (TPSA) is 55.1 Å². The van der Waals surface area contributed by atoms with Crippen molar-refractivity contribution in [2.75, 3.05) is 0 Å². The van der Waals surface area contributed by atoms with Gasteiger partial charge in [-0.15, -0.1) is 0 Å². The van der Waals surface area contributed by atoms with Crippen LogP contribution in [-0.4, -0.2) is 18.0 Å². The van der Waals surface area contributed by atoms with Crippen LogP contribution in [-0.2, 0) is 4.79 Å². The van der Waals surface area contributed by atoms with Crippen LogP contribution in [0.2, 0.25) is 0 Å². The highest BCUT2D eigenvalue weighted by Gasteiger charge is 2.29. The van der Waals surface area contributed by atoms with Gasteiger partial charge in [-0.3, -0.25) is 4.79 Å². The lowest BCUT2D eigenvalue weighted by Crippen LogP contribution is -2.52. The smallest absolute Gasteiger partial charge is 0.237 e. The number of nitrogens with two attached hydrogens (primary N) is 1. The molecular formula is C13H28N2O. The number of nitrogens with one attached hydrogen (secondary N) is 1. The van der Waals surface area contributed by atoms with E-state index in [1.807, 2.05) is 20.8 Å². The Labute approximate surface area is 100 Å². The molecule has 0 radical (unpaired) electrons. The average molecular weight is 228 g/mol. The van der Waals surface area contributed by atoms with Crippen molar-refractivity contribution in [3.63, 3.8) is 0 Å². The van der Waals surface area contributed by atoms with E-state index in [2.05, 4.69) is 26.1 Å². The summed E-state index contributed by atoms with van der Waals surface area (Å²) in [5, 5.41) is 3.02. The zero-order chi connectivity index (χ0) is 12.9. The van der Waals surface area contributed by atoms with Crippen LogP contribution in [0.4, 0.5) is 0 Å². The fourth-order valence-corrected chi connectivity index (χ4v) is 1.82. The Morgan fingerprint density at radius 1 is 1.25 bits per heavy atom. The van der Waals surface area contributed by atoms with Crippen LogP contribution in [0, 0.1) is 11.3 Å². The average Bonchev–Trinajstić information content (AvgIpc) is 2.16. The Morgan fingerprint density at radius 2 is 1.69 bits per heavy atom. The molecule has 1 amide bonds. The van der Waals surface area contributed by atoms with E-state index in [1.165, 1.54) is 0 Å². The Balaban J connectivity index is 4.34. The van der Waals surface area contributed by atoms with E-state index in [9.17, 15) is 4.79 Å². The first-order chi connectivity index (χ1) is 7.23. The SMILES string of the molecule is CCC(CC)C(C)NC(=O)[C@H](N)C(C)(C)C. The molecule has 0 aromatic heterocycles. The largest absolute Gasteiger partial charge is 0.352 e. The van der Waals surface area contributed by atoms with Gasteiger partial charge in [0.2, 0.25) is 5.91 Å². The van der Waals surface area contributed by atoms with Crippen molar-refractivity contribution in [2.45, 2.75) is 66.5 Å². The number of hydrogen-bond donors (Lipinski definition) is 2. The molecule has 0 heterocycles. The monoisotopic (exact) mass is 228 g/mol. The fraction of sp³-hybridized carbons (Fsp3) is 0.923. The summed E-state index contributed by atoms with van der Waals surface area (Å²) < 4.78 is 0. The van der Waals surface area contributed by atoms with Gasteiger partial charge >= 0.3 is 0 Å². The minimum Gasteiger partial charge on any atom is -0.352 e. The summed E-state index contributed by atoms with van der Waals surface area (Å²) in [6, 6.07) is -0.236. The summed E-state index contributed by atoms with van der Waals surface area (Å²) in [5.74, 6) is 0.503. The summed E-state index contributed by atoms with van der Waals surface area (Å²) in [7, 11) is 0. The highest BCUT2D eigenvalue weighted by molar-refractivity contribution is 5.82. The second-order valence-electron chi connectivity index (χ2n) is 5.72. The van der Waals surface area contributed by atoms with Crippen molar-refractivity contribution in [1.29, 1.82) is 0 Å². The normalized spacial score (nSPS) is 16.0. The summed E-state index contributed by atoms with van der Waals surface area (Å²) >= 11 is 0. The third-order valence-electron chi connectivity index (χ3n) is 3.34. The molecule has 2 atom stereocenters. The third kappa shape index (κ3) is 4.52. The molecule has 3 nitrogen and oxygen atoms in total. The lowest BCUT2D eigenvalue weighted by atomic mass is 9.86. The zero-order valence-corrected chi connectivity index (χ0v) is 11.6. The molecule has 0 saturated heterocycles. The fourth-order valence-electron chi connectivity index (χ4n) is 1.82. The van der Waals surface area contributed by atoms with Gasteiger partial charge < -0.3 is 11.1 Å². The number of amides is 1. The molecule has 0 aliphatic heterocycles. The predicted molar refractivity (Wildman–Crippen MR) is 69.1 cm³/mol. The van der Waals surface area contributed by atoms with Crippen molar-refractivity contribution in [3.8, 4) is 0 Å². The molecule has 0 aromatic carbocycles. The second kappa shape index (κ2) is 6.24. The Bertz CT molecular complexity index is 216. The Morgan fingerprint density at radius 3 is 2.00 bits per heavy atom. The van der Waals surface area contributed by atoms with E-state index in [0.29, 0.717) is 5.92 Å². The van der Waals surface area contributed by atoms with E-state index in [1.54, 1.807) is 0 Å². The molecule has 0 aromatic rings. The number of carbonyl (C=O) groups excluding carboxylic acids is 1. The standard InChI is InChI=1S/C13H28N2O/c1-7-10(8-2)9(3)15-12(16)11(14)13(4,5)6/h9-11H,7-8,14H2,1-6H3,(H,15,16)/t9?,11-/m0/s1. The van der Waals surface area contributed by atoms with Crippen LogP contribution in [0.15, 0.2) is 0 Å². The highest BCUT2D eigenvalue weighted by Crippen LogP contribution is 2.18. The maximum absolute atomic E-state index is 11.9. The van der Waals surface area contributed by atoms with Gasteiger partial charge in [0, 0.05) is 6.04 Å². The number of carbonyl (C=O) groups is 1. The molecule has 3 N–H and O–H groups in total. The van der Waals surface area contributed by atoms with Gasteiger partial charge in [0.15, 0.2) is 0 Å². The van der Waals surface area contributed by atoms with Gasteiger partial charge in [-0.1, -0.05) is 47.5 Å². The van der Waals surface area contributed by atoms with Crippen LogP contribution >= 0.6 is 0 Å². The molecule has 0 bridgehead atoms. The zero-order valence-electron chi connectivity index (χ0n) is 11.6.